The van der Waals surface area contributed by atoms with Crippen LogP contribution in [0.1, 0.15) is 12.5 Å². The minimum absolute atomic E-state index is 0.0528. The van der Waals surface area contributed by atoms with Crippen LogP contribution in [0.2, 0.25) is 0 Å². The Labute approximate surface area is 128 Å². The number of carbonyl (C=O) groups is 1. The van der Waals surface area contributed by atoms with Gasteiger partial charge in [-0.3, -0.25) is 4.79 Å². The second-order valence-electron chi connectivity index (χ2n) is 4.94. The van der Waals surface area contributed by atoms with E-state index in [2.05, 4.69) is 15.3 Å². The standard InChI is InChI=1S/C17H17N3O2/c1-2-22-14-6-4-13(5-7-14)20-17(21)10-12-3-8-15-16(9-12)19-11-18-15/h3-9,11H,2,10H2,1H3,(H,18,19)(H,20,21). The van der Waals surface area contributed by atoms with Crippen molar-refractivity contribution in [2.75, 3.05) is 11.9 Å². The third-order valence-electron chi connectivity index (χ3n) is 3.30. The Morgan fingerprint density at radius 2 is 2.05 bits per heavy atom. The number of imidazole rings is 1. The van der Waals surface area contributed by atoms with Gasteiger partial charge in [0.05, 0.1) is 30.4 Å². The maximum absolute atomic E-state index is 12.1. The van der Waals surface area contributed by atoms with Crippen LogP contribution in [0.3, 0.4) is 0 Å². The van der Waals surface area contributed by atoms with E-state index in [1.54, 1.807) is 6.33 Å². The number of H-pyrrole nitrogens is 1. The normalized spacial score (nSPS) is 10.6. The maximum atomic E-state index is 12.1. The molecule has 0 saturated heterocycles. The van der Waals surface area contributed by atoms with Gasteiger partial charge in [0, 0.05) is 5.69 Å². The molecule has 0 atom stereocenters. The van der Waals surface area contributed by atoms with Gasteiger partial charge in [0.1, 0.15) is 5.75 Å². The average Bonchev–Trinajstić information content (AvgIpc) is 2.97. The monoisotopic (exact) mass is 295 g/mol. The number of ether oxygens (including phenoxy) is 1. The van der Waals surface area contributed by atoms with Crippen molar-refractivity contribution in [3.63, 3.8) is 0 Å². The Morgan fingerprint density at radius 3 is 2.82 bits per heavy atom. The van der Waals surface area contributed by atoms with E-state index in [-0.39, 0.29) is 5.91 Å². The largest absolute Gasteiger partial charge is 0.494 e. The summed E-state index contributed by atoms with van der Waals surface area (Å²) in [5.74, 6) is 0.744. The van der Waals surface area contributed by atoms with Crippen LogP contribution >= 0.6 is 0 Å². The molecule has 5 nitrogen and oxygen atoms in total. The second-order valence-corrected chi connectivity index (χ2v) is 4.94. The van der Waals surface area contributed by atoms with Crippen molar-refractivity contribution >= 4 is 22.6 Å². The molecule has 1 heterocycles. The summed E-state index contributed by atoms with van der Waals surface area (Å²) in [6.45, 7) is 2.56. The molecule has 22 heavy (non-hydrogen) atoms. The fourth-order valence-corrected chi connectivity index (χ4v) is 2.28. The van der Waals surface area contributed by atoms with Crippen molar-refractivity contribution in [1.82, 2.24) is 9.97 Å². The lowest BCUT2D eigenvalue weighted by molar-refractivity contribution is -0.115. The van der Waals surface area contributed by atoms with E-state index in [0.29, 0.717) is 13.0 Å². The van der Waals surface area contributed by atoms with E-state index in [4.69, 9.17) is 4.74 Å². The fraction of sp³-hybridized carbons (Fsp3) is 0.176. The Kier molecular flexibility index (Phi) is 4.05. The zero-order valence-electron chi connectivity index (χ0n) is 12.3. The summed E-state index contributed by atoms with van der Waals surface area (Å²) in [4.78, 5) is 19.3. The molecule has 112 valence electrons. The summed E-state index contributed by atoms with van der Waals surface area (Å²) < 4.78 is 5.37. The number of hydrogen-bond acceptors (Lipinski definition) is 3. The molecule has 0 spiro atoms. The first-order valence-corrected chi connectivity index (χ1v) is 7.19. The highest BCUT2D eigenvalue weighted by Crippen LogP contribution is 2.16. The summed E-state index contributed by atoms with van der Waals surface area (Å²) in [5, 5.41) is 2.88. The third kappa shape index (κ3) is 3.25. The molecule has 2 aromatic carbocycles. The molecule has 1 aromatic heterocycles. The first-order valence-electron chi connectivity index (χ1n) is 7.19. The van der Waals surface area contributed by atoms with Crippen LogP contribution in [0, 0.1) is 0 Å². The lowest BCUT2D eigenvalue weighted by Gasteiger charge is -2.07. The molecule has 3 rings (SSSR count). The van der Waals surface area contributed by atoms with Gasteiger partial charge in [-0.25, -0.2) is 4.98 Å². The zero-order chi connectivity index (χ0) is 15.4. The van der Waals surface area contributed by atoms with Gasteiger partial charge < -0.3 is 15.0 Å². The van der Waals surface area contributed by atoms with Gasteiger partial charge in [-0.05, 0) is 48.9 Å². The van der Waals surface area contributed by atoms with Gasteiger partial charge in [-0.1, -0.05) is 6.07 Å². The molecule has 0 aliphatic heterocycles. The Bertz CT molecular complexity index is 778. The molecule has 3 aromatic rings. The summed E-state index contributed by atoms with van der Waals surface area (Å²) in [5.41, 5.74) is 3.54. The van der Waals surface area contributed by atoms with Crippen LogP contribution in [0.15, 0.2) is 48.8 Å². The lowest BCUT2D eigenvalue weighted by Crippen LogP contribution is -2.14. The summed E-state index contributed by atoms with van der Waals surface area (Å²) >= 11 is 0. The van der Waals surface area contributed by atoms with Crippen LogP contribution in [0.25, 0.3) is 11.0 Å². The first-order chi connectivity index (χ1) is 10.7. The number of hydrogen-bond donors (Lipinski definition) is 2. The van der Waals surface area contributed by atoms with Gasteiger partial charge >= 0.3 is 0 Å². The van der Waals surface area contributed by atoms with Crippen LogP contribution in [-0.2, 0) is 11.2 Å². The first kappa shape index (κ1) is 14.1. The van der Waals surface area contributed by atoms with E-state index < -0.39 is 0 Å². The Balaban J connectivity index is 1.63. The van der Waals surface area contributed by atoms with Crippen molar-refractivity contribution in [3.8, 4) is 5.75 Å². The third-order valence-corrected chi connectivity index (χ3v) is 3.30. The Hall–Kier alpha value is -2.82. The van der Waals surface area contributed by atoms with Crippen molar-refractivity contribution in [2.24, 2.45) is 0 Å². The van der Waals surface area contributed by atoms with Crippen LogP contribution in [-0.4, -0.2) is 22.5 Å². The van der Waals surface area contributed by atoms with Crippen LogP contribution in [0.5, 0.6) is 5.75 Å². The minimum Gasteiger partial charge on any atom is -0.494 e. The highest BCUT2D eigenvalue weighted by Gasteiger charge is 2.06. The fourth-order valence-electron chi connectivity index (χ4n) is 2.28. The van der Waals surface area contributed by atoms with Crippen molar-refractivity contribution in [2.45, 2.75) is 13.3 Å². The number of aromatic nitrogens is 2. The van der Waals surface area contributed by atoms with E-state index in [9.17, 15) is 4.79 Å². The predicted molar refractivity (Wildman–Crippen MR) is 86.0 cm³/mol. The minimum atomic E-state index is -0.0528. The molecule has 0 bridgehead atoms. The predicted octanol–water partition coefficient (Wildman–Crippen LogP) is 3.14. The van der Waals surface area contributed by atoms with Gasteiger partial charge in [0.2, 0.25) is 5.91 Å². The van der Waals surface area contributed by atoms with Crippen molar-refractivity contribution < 1.29 is 9.53 Å². The highest BCUT2D eigenvalue weighted by atomic mass is 16.5. The van der Waals surface area contributed by atoms with Gasteiger partial charge in [-0.2, -0.15) is 0 Å². The number of benzene rings is 2. The molecule has 0 unspecified atom stereocenters. The van der Waals surface area contributed by atoms with E-state index in [1.807, 2.05) is 49.4 Å². The number of nitrogens with zero attached hydrogens (tertiary/aromatic N) is 1. The quantitative estimate of drug-likeness (QED) is 0.760. The molecule has 0 aliphatic rings. The van der Waals surface area contributed by atoms with Crippen LogP contribution in [0.4, 0.5) is 5.69 Å². The average molecular weight is 295 g/mol. The van der Waals surface area contributed by atoms with Crippen molar-refractivity contribution in [3.05, 3.63) is 54.4 Å². The van der Waals surface area contributed by atoms with Crippen molar-refractivity contribution in [1.29, 1.82) is 0 Å². The molecule has 2 N–H and O–H groups in total. The molecule has 1 amide bonds. The van der Waals surface area contributed by atoms with E-state index in [1.165, 1.54) is 0 Å². The van der Waals surface area contributed by atoms with Gasteiger partial charge in [0.25, 0.3) is 0 Å². The molecule has 5 heteroatoms. The second kappa shape index (κ2) is 6.30. The highest BCUT2D eigenvalue weighted by molar-refractivity contribution is 5.92. The number of amides is 1. The number of anilines is 1. The van der Waals surface area contributed by atoms with Gasteiger partial charge in [0.15, 0.2) is 0 Å². The Morgan fingerprint density at radius 1 is 1.23 bits per heavy atom. The molecule has 0 fully saturated rings. The van der Waals surface area contributed by atoms with E-state index in [0.717, 1.165) is 28.0 Å². The number of aromatic amines is 1. The number of nitrogens with one attached hydrogen (secondary N) is 2. The molecule has 0 radical (unpaired) electrons. The smallest absolute Gasteiger partial charge is 0.228 e. The summed E-state index contributed by atoms with van der Waals surface area (Å²) in [6, 6.07) is 13.1. The van der Waals surface area contributed by atoms with Gasteiger partial charge in [-0.15, -0.1) is 0 Å². The topological polar surface area (TPSA) is 67.0 Å². The number of carbonyl (C=O) groups excluding carboxylic acids is 1. The summed E-state index contributed by atoms with van der Waals surface area (Å²) in [7, 11) is 0. The SMILES string of the molecule is CCOc1ccc(NC(=O)Cc2ccc3nc[nH]c3c2)cc1. The number of fused-ring (bicyclic) bond motifs is 1. The molecular weight excluding hydrogens is 278 g/mol. The zero-order valence-corrected chi connectivity index (χ0v) is 12.3. The lowest BCUT2D eigenvalue weighted by atomic mass is 10.1. The molecule has 0 aliphatic carbocycles. The number of rotatable bonds is 5. The molecular formula is C17H17N3O2. The molecule has 0 saturated carbocycles. The summed E-state index contributed by atoms with van der Waals surface area (Å²) in [6.07, 6.45) is 1.97. The van der Waals surface area contributed by atoms with Crippen LogP contribution < -0.4 is 10.1 Å². The van der Waals surface area contributed by atoms with E-state index >= 15 is 0 Å². The maximum Gasteiger partial charge on any atom is 0.228 e.